The van der Waals surface area contributed by atoms with Crippen LogP contribution in [0.25, 0.3) is 0 Å². The molecule has 3 heteroatoms. The molecule has 1 atom stereocenters. The van der Waals surface area contributed by atoms with Crippen LogP contribution >= 0.6 is 15.9 Å². The minimum Gasteiger partial charge on any atom is -0.310 e. The van der Waals surface area contributed by atoms with E-state index in [1.807, 2.05) is 0 Å². The van der Waals surface area contributed by atoms with Crippen molar-refractivity contribution in [3.8, 4) is 0 Å². The summed E-state index contributed by atoms with van der Waals surface area (Å²) in [4.78, 5) is 2.42. The van der Waals surface area contributed by atoms with Gasteiger partial charge in [-0.15, -0.1) is 0 Å². The number of nitrogens with one attached hydrogen (secondary N) is 1. The van der Waals surface area contributed by atoms with Gasteiger partial charge in [0.1, 0.15) is 0 Å². The topological polar surface area (TPSA) is 15.3 Å². The van der Waals surface area contributed by atoms with Crippen molar-refractivity contribution in [3.05, 3.63) is 34.3 Å². The number of piperidine rings is 1. The van der Waals surface area contributed by atoms with E-state index in [4.69, 9.17) is 0 Å². The lowest BCUT2D eigenvalue weighted by Gasteiger charge is -2.30. The summed E-state index contributed by atoms with van der Waals surface area (Å²) in [5, 5.41) is 3.67. The predicted molar refractivity (Wildman–Crippen MR) is 80.8 cm³/mol. The van der Waals surface area contributed by atoms with Crippen LogP contribution in [0.4, 0.5) is 0 Å². The summed E-state index contributed by atoms with van der Waals surface area (Å²) >= 11 is 3.53. The molecule has 0 aliphatic carbocycles. The second-order valence-electron chi connectivity index (χ2n) is 5.43. The SMILES string of the molecule is C[C@H](NCC1CCN(C)CC1)c1cccc(Br)c1. The van der Waals surface area contributed by atoms with E-state index < -0.39 is 0 Å². The van der Waals surface area contributed by atoms with E-state index in [9.17, 15) is 0 Å². The third-order valence-electron chi connectivity index (χ3n) is 3.90. The molecule has 0 spiro atoms. The van der Waals surface area contributed by atoms with Gasteiger partial charge in [0.25, 0.3) is 0 Å². The quantitative estimate of drug-likeness (QED) is 0.916. The number of rotatable bonds is 4. The van der Waals surface area contributed by atoms with Crippen LogP contribution in [0.1, 0.15) is 31.4 Å². The Labute approximate surface area is 119 Å². The third kappa shape index (κ3) is 4.08. The van der Waals surface area contributed by atoms with Crippen LogP contribution in [0.15, 0.2) is 28.7 Å². The molecule has 2 rings (SSSR count). The van der Waals surface area contributed by atoms with E-state index in [0.717, 1.165) is 16.9 Å². The first-order valence-electron chi connectivity index (χ1n) is 6.82. The number of hydrogen-bond acceptors (Lipinski definition) is 2. The van der Waals surface area contributed by atoms with Crippen molar-refractivity contribution in [1.29, 1.82) is 0 Å². The van der Waals surface area contributed by atoms with Crippen LogP contribution in [0.5, 0.6) is 0 Å². The average Bonchev–Trinajstić information content (AvgIpc) is 2.38. The molecular formula is C15H23BrN2. The molecule has 1 aliphatic rings. The van der Waals surface area contributed by atoms with Crippen LogP contribution in [-0.4, -0.2) is 31.6 Å². The fourth-order valence-corrected chi connectivity index (χ4v) is 2.92. The van der Waals surface area contributed by atoms with E-state index in [0.29, 0.717) is 6.04 Å². The maximum Gasteiger partial charge on any atom is 0.0292 e. The number of nitrogens with zero attached hydrogens (tertiary/aromatic N) is 1. The molecule has 0 radical (unpaired) electrons. The third-order valence-corrected chi connectivity index (χ3v) is 4.39. The Hall–Kier alpha value is -0.380. The molecule has 2 nitrogen and oxygen atoms in total. The van der Waals surface area contributed by atoms with Crippen molar-refractivity contribution in [2.75, 3.05) is 26.7 Å². The fourth-order valence-electron chi connectivity index (χ4n) is 2.50. The van der Waals surface area contributed by atoms with E-state index in [1.54, 1.807) is 0 Å². The van der Waals surface area contributed by atoms with Gasteiger partial charge in [-0.2, -0.15) is 0 Å². The van der Waals surface area contributed by atoms with Crippen molar-refractivity contribution in [2.45, 2.75) is 25.8 Å². The lowest BCUT2D eigenvalue weighted by Crippen LogP contribution is -2.35. The van der Waals surface area contributed by atoms with Gasteiger partial charge in [-0.05, 0) is 70.1 Å². The first-order chi connectivity index (χ1) is 8.65. The lowest BCUT2D eigenvalue weighted by molar-refractivity contribution is 0.213. The maximum atomic E-state index is 3.67. The summed E-state index contributed by atoms with van der Waals surface area (Å²) in [6.07, 6.45) is 2.66. The first-order valence-corrected chi connectivity index (χ1v) is 7.62. The standard InChI is InChI=1S/C15H23BrN2/c1-12(14-4-3-5-15(16)10-14)17-11-13-6-8-18(2)9-7-13/h3-5,10,12-13,17H,6-9,11H2,1-2H3/t12-/m0/s1. The minimum atomic E-state index is 0.433. The molecule has 0 aromatic heterocycles. The van der Waals surface area contributed by atoms with Gasteiger partial charge in [0.15, 0.2) is 0 Å². The molecule has 100 valence electrons. The molecule has 0 saturated carbocycles. The average molecular weight is 311 g/mol. The Morgan fingerprint density at radius 2 is 2.11 bits per heavy atom. The number of hydrogen-bond donors (Lipinski definition) is 1. The molecule has 18 heavy (non-hydrogen) atoms. The predicted octanol–water partition coefficient (Wildman–Crippen LogP) is 3.44. The Balaban J connectivity index is 1.79. The van der Waals surface area contributed by atoms with Crippen LogP contribution in [-0.2, 0) is 0 Å². The number of benzene rings is 1. The molecule has 0 unspecified atom stereocenters. The van der Waals surface area contributed by atoms with Gasteiger partial charge < -0.3 is 10.2 Å². The van der Waals surface area contributed by atoms with E-state index in [1.165, 1.54) is 31.5 Å². The summed E-state index contributed by atoms with van der Waals surface area (Å²) in [6.45, 7) is 5.88. The summed E-state index contributed by atoms with van der Waals surface area (Å²) in [7, 11) is 2.22. The zero-order valence-electron chi connectivity index (χ0n) is 11.3. The molecule has 1 N–H and O–H groups in total. The van der Waals surface area contributed by atoms with Gasteiger partial charge >= 0.3 is 0 Å². The second-order valence-corrected chi connectivity index (χ2v) is 6.35. The zero-order chi connectivity index (χ0) is 13.0. The minimum absolute atomic E-state index is 0.433. The Kier molecular flexibility index (Phi) is 5.22. The molecule has 0 amide bonds. The summed E-state index contributed by atoms with van der Waals surface area (Å²) in [6, 6.07) is 9.01. The van der Waals surface area contributed by atoms with Crippen molar-refractivity contribution < 1.29 is 0 Å². The molecule has 0 bridgehead atoms. The Morgan fingerprint density at radius 3 is 2.78 bits per heavy atom. The summed E-state index contributed by atoms with van der Waals surface area (Å²) < 4.78 is 1.16. The van der Waals surface area contributed by atoms with Gasteiger partial charge in [-0.25, -0.2) is 0 Å². The van der Waals surface area contributed by atoms with Crippen molar-refractivity contribution in [2.24, 2.45) is 5.92 Å². The van der Waals surface area contributed by atoms with Crippen molar-refractivity contribution in [3.63, 3.8) is 0 Å². The monoisotopic (exact) mass is 310 g/mol. The smallest absolute Gasteiger partial charge is 0.0292 e. The highest BCUT2D eigenvalue weighted by molar-refractivity contribution is 9.10. The second kappa shape index (κ2) is 6.69. The molecule has 1 aromatic carbocycles. The normalized spacial score (nSPS) is 19.9. The molecule has 1 saturated heterocycles. The van der Waals surface area contributed by atoms with Crippen molar-refractivity contribution in [1.82, 2.24) is 10.2 Å². The van der Waals surface area contributed by atoms with Crippen LogP contribution in [0.3, 0.4) is 0 Å². The molecule has 1 heterocycles. The molecular weight excluding hydrogens is 288 g/mol. The van der Waals surface area contributed by atoms with Crippen LogP contribution < -0.4 is 5.32 Å². The number of likely N-dealkylation sites (tertiary alicyclic amines) is 1. The van der Waals surface area contributed by atoms with Gasteiger partial charge in [-0.1, -0.05) is 28.1 Å². The van der Waals surface area contributed by atoms with Gasteiger partial charge in [0.2, 0.25) is 0 Å². The summed E-state index contributed by atoms with van der Waals surface area (Å²) in [5.41, 5.74) is 1.36. The Bertz CT molecular complexity index is 373. The number of halogens is 1. The van der Waals surface area contributed by atoms with Crippen molar-refractivity contribution >= 4 is 15.9 Å². The van der Waals surface area contributed by atoms with Gasteiger partial charge in [0, 0.05) is 10.5 Å². The molecule has 1 aliphatic heterocycles. The highest BCUT2D eigenvalue weighted by Crippen LogP contribution is 2.20. The van der Waals surface area contributed by atoms with E-state index >= 15 is 0 Å². The first kappa shape index (κ1) is 14.0. The largest absolute Gasteiger partial charge is 0.310 e. The molecule has 1 aromatic rings. The van der Waals surface area contributed by atoms with E-state index in [-0.39, 0.29) is 0 Å². The maximum absolute atomic E-state index is 3.67. The fraction of sp³-hybridized carbons (Fsp3) is 0.600. The zero-order valence-corrected chi connectivity index (χ0v) is 12.9. The summed E-state index contributed by atoms with van der Waals surface area (Å²) in [5.74, 6) is 0.843. The molecule has 1 fully saturated rings. The van der Waals surface area contributed by atoms with Gasteiger partial charge in [-0.3, -0.25) is 0 Å². The van der Waals surface area contributed by atoms with Gasteiger partial charge in [0.05, 0.1) is 0 Å². The Morgan fingerprint density at radius 1 is 1.39 bits per heavy atom. The highest BCUT2D eigenvalue weighted by atomic mass is 79.9. The van der Waals surface area contributed by atoms with Crippen LogP contribution in [0, 0.1) is 5.92 Å². The highest BCUT2D eigenvalue weighted by Gasteiger charge is 2.17. The lowest BCUT2D eigenvalue weighted by atomic mass is 9.96. The van der Waals surface area contributed by atoms with Crippen LogP contribution in [0.2, 0.25) is 0 Å². The van der Waals surface area contributed by atoms with E-state index in [2.05, 4.69) is 64.4 Å².